The molecule has 3 rings (SSSR count). The van der Waals surface area contributed by atoms with Gasteiger partial charge in [0.1, 0.15) is 23.7 Å². The second-order valence-electron chi connectivity index (χ2n) is 6.13. The summed E-state index contributed by atoms with van der Waals surface area (Å²) in [6.45, 7) is 0.714. The summed E-state index contributed by atoms with van der Waals surface area (Å²) < 4.78 is 28.6. The summed E-state index contributed by atoms with van der Waals surface area (Å²) in [4.78, 5) is 37.8. The molecule has 1 heterocycles. The Kier molecular flexibility index (Phi) is 5.13. The van der Waals surface area contributed by atoms with Gasteiger partial charge < -0.3 is 10.6 Å². The molecule has 2 aromatic rings. The summed E-state index contributed by atoms with van der Waals surface area (Å²) in [5, 5.41) is 4.92. The number of urea groups is 1. The average Bonchev–Trinajstić information content (AvgIpc) is 2.83. The standard InChI is InChI=1S/C18H14F2IN3O3/c1-18(13-8-10(19)2-7-14(13)20)16(26)24(17(27)23-18)9-15(25)22-12-5-3-11(21)4-6-12/h2-8H,9H2,1H3,(H,22,25)(H,23,27). The summed E-state index contributed by atoms with van der Waals surface area (Å²) in [6.07, 6.45) is 0. The number of rotatable bonds is 4. The fraction of sp³-hybridized carbons (Fsp3) is 0.167. The first-order valence-electron chi connectivity index (χ1n) is 7.86. The first kappa shape index (κ1) is 19.2. The topological polar surface area (TPSA) is 78.5 Å². The number of anilines is 1. The van der Waals surface area contributed by atoms with E-state index in [0.29, 0.717) is 10.6 Å². The van der Waals surface area contributed by atoms with Crippen molar-refractivity contribution in [1.29, 1.82) is 0 Å². The Morgan fingerprint density at radius 3 is 2.52 bits per heavy atom. The lowest BCUT2D eigenvalue weighted by Crippen LogP contribution is -2.42. The van der Waals surface area contributed by atoms with Crippen molar-refractivity contribution in [3.63, 3.8) is 0 Å². The molecule has 1 aliphatic heterocycles. The van der Waals surface area contributed by atoms with E-state index in [0.717, 1.165) is 21.8 Å². The number of hydrogen-bond acceptors (Lipinski definition) is 3. The molecule has 0 radical (unpaired) electrons. The largest absolute Gasteiger partial charge is 0.325 e. The van der Waals surface area contributed by atoms with Crippen molar-refractivity contribution in [2.24, 2.45) is 0 Å². The van der Waals surface area contributed by atoms with Crippen LogP contribution in [0.2, 0.25) is 0 Å². The number of carbonyl (C=O) groups excluding carboxylic acids is 3. The average molecular weight is 485 g/mol. The lowest BCUT2D eigenvalue weighted by atomic mass is 9.91. The molecule has 0 aromatic heterocycles. The number of nitrogens with one attached hydrogen (secondary N) is 2. The molecule has 0 bridgehead atoms. The van der Waals surface area contributed by atoms with Crippen LogP contribution in [0, 0.1) is 15.2 Å². The monoisotopic (exact) mass is 485 g/mol. The number of nitrogens with zero attached hydrogens (tertiary/aromatic N) is 1. The van der Waals surface area contributed by atoms with Gasteiger partial charge in [0.15, 0.2) is 0 Å². The molecule has 1 fully saturated rings. The quantitative estimate of drug-likeness (QED) is 0.517. The van der Waals surface area contributed by atoms with E-state index in [2.05, 4.69) is 33.2 Å². The van der Waals surface area contributed by atoms with Crippen LogP contribution in [0.15, 0.2) is 42.5 Å². The fourth-order valence-electron chi connectivity index (χ4n) is 2.78. The lowest BCUT2D eigenvalue weighted by Gasteiger charge is -2.22. The molecule has 2 aromatic carbocycles. The molecular weight excluding hydrogens is 471 g/mol. The van der Waals surface area contributed by atoms with Crippen LogP contribution in [0.4, 0.5) is 19.3 Å². The van der Waals surface area contributed by atoms with Crippen molar-refractivity contribution in [1.82, 2.24) is 10.2 Å². The van der Waals surface area contributed by atoms with E-state index >= 15 is 0 Å². The molecule has 27 heavy (non-hydrogen) atoms. The van der Waals surface area contributed by atoms with Crippen LogP contribution in [0.25, 0.3) is 0 Å². The van der Waals surface area contributed by atoms with E-state index in [4.69, 9.17) is 0 Å². The van der Waals surface area contributed by atoms with Crippen LogP contribution in [0.5, 0.6) is 0 Å². The molecule has 2 N–H and O–H groups in total. The van der Waals surface area contributed by atoms with Gasteiger partial charge in [0.25, 0.3) is 5.91 Å². The van der Waals surface area contributed by atoms with Crippen LogP contribution in [0.3, 0.4) is 0 Å². The van der Waals surface area contributed by atoms with Crippen LogP contribution < -0.4 is 10.6 Å². The first-order chi connectivity index (χ1) is 12.7. The van der Waals surface area contributed by atoms with E-state index in [1.807, 2.05) is 0 Å². The third kappa shape index (κ3) is 3.77. The molecule has 4 amide bonds. The molecule has 1 atom stereocenters. The minimum absolute atomic E-state index is 0.304. The number of halogens is 3. The molecule has 0 saturated carbocycles. The SMILES string of the molecule is CC1(c2cc(F)ccc2F)NC(=O)N(CC(=O)Nc2ccc(I)cc2)C1=O. The van der Waals surface area contributed by atoms with E-state index < -0.39 is 41.6 Å². The number of carbonyl (C=O) groups is 3. The van der Waals surface area contributed by atoms with Gasteiger partial charge in [0.2, 0.25) is 5.91 Å². The molecule has 9 heteroatoms. The van der Waals surface area contributed by atoms with Gasteiger partial charge in [0, 0.05) is 14.8 Å². The van der Waals surface area contributed by atoms with Crippen molar-refractivity contribution >= 4 is 46.1 Å². The lowest BCUT2D eigenvalue weighted by molar-refractivity contribution is -0.133. The highest BCUT2D eigenvalue weighted by Crippen LogP contribution is 2.31. The third-order valence-electron chi connectivity index (χ3n) is 4.17. The van der Waals surface area contributed by atoms with E-state index in [1.54, 1.807) is 24.3 Å². The fourth-order valence-corrected chi connectivity index (χ4v) is 3.14. The normalized spacial score (nSPS) is 19.2. The first-order valence-corrected chi connectivity index (χ1v) is 8.93. The number of benzene rings is 2. The summed E-state index contributed by atoms with van der Waals surface area (Å²) in [5.41, 5.74) is -1.60. The minimum Gasteiger partial charge on any atom is -0.325 e. The van der Waals surface area contributed by atoms with Crippen LogP contribution in [-0.2, 0) is 15.1 Å². The van der Waals surface area contributed by atoms with E-state index in [9.17, 15) is 23.2 Å². The second-order valence-corrected chi connectivity index (χ2v) is 7.37. The predicted molar refractivity (Wildman–Crippen MR) is 102 cm³/mol. The summed E-state index contributed by atoms with van der Waals surface area (Å²) in [7, 11) is 0. The van der Waals surface area contributed by atoms with Crippen LogP contribution in [-0.4, -0.2) is 29.3 Å². The molecule has 140 valence electrons. The Bertz CT molecular complexity index is 936. The Balaban J connectivity index is 1.78. The van der Waals surface area contributed by atoms with Crippen LogP contribution in [0.1, 0.15) is 12.5 Å². The molecule has 1 saturated heterocycles. The summed E-state index contributed by atoms with van der Waals surface area (Å²) in [5.74, 6) is -3.01. The van der Waals surface area contributed by atoms with Gasteiger partial charge in [-0.15, -0.1) is 0 Å². The highest BCUT2D eigenvalue weighted by atomic mass is 127. The molecular formula is C18H14F2IN3O3. The van der Waals surface area contributed by atoms with Gasteiger partial charge in [-0.1, -0.05) is 0 Å². The zero-order valence-electron chi connectivity index (χ0n) is 14.1. The molecule has 1 aliphatic rings. The number of hydrogen-bond donors (Lipinski definition) is 2. The Hall–Kier alpha value is -2.56. The molecule has 0 aliphatic carbocycles. The van der Waals surface area contributed by atoms with Crippen molar-refractivity contribution in [2.75, 3.05) is 11.9 Å². The zero-order chi connectivity index (χ0) is 19.8. The highest BCUT2D eigenvalue weighted by molar-refractivity contribution is 14.1. The van der Waals surface area contributed by atoms with Gasteiger partial charge in [-0.25, -0.2) is 13.6 Å². The van der Waals surface area contributed by atoms with Gasteiger partial charge in [-0.05, 0) is 72.0 Å². The van der Waals surface area contributed by atoms with Crippen molar-refractivity contribution in [3.8, 4) is 0 Å². The summed E-state index contributed by atoms with van der Waals surface area (Å²) in [6, 6.07) is 8.71. The maximum atomic E-state index is 14.1. The molecule has 0 spiro atoms. The highest BCUT2D eigenvalue weighted by Gasteiger charge is 2.50. The van der Waals surface area contributed by atoms with Gasteiger partial charge in [0.05, 0.1) is 0 Å². The second kappa shape index (κ2) is 7.22. The van der Waals surface area contributed by atoms with Gasteiger partial charge in [-0.3, -0.25) is 14.5 Å². The van der Waals surface area contributed by atoms with Crippen molar-refractivity contribution in [2.45, 2.75) is 12.5 Å². The molecule has 6 nitrogen and oxygen atoms in total. The third-order valence-corrected chi connectivity index (χ3v) is 4.89. The van der Waals surface area contributed by atoms with E-state index in [1.165, 1.54) is 6.92 Å². The maximum absolute atomic E-state index is 14.1. The zero-order valence-corrected chi connectivity index (χ0v) is 16.2. The number of imide groups is 1. The van der Waals surface area contributed by atoms with Gasteiger partial charge in [-0.2, -0.15) is 0 Å². The van der Waals surface area contributed by atoms with E-state index in [-0.39, 0.29) is 5.56 Å². The van der Waals surface area contributed by atoms with Crippen molar-refractivity contribution < 1.29 is 23.2 Å². The Labute approximate surface area is 167 Å². The predicted octanol–water partition coefficient (Wildman–Crippen LogP) is 2.98. The Morgan fingerprint density at radius 2 is 1.85 bits per heavy atom. The number of amides is 4. The molecule has 1 unspecified atom stereocenters. The minimum atomic E-state index is -1.80. The van der Waals surface area contributed by atoms with Crippen molar-refractivity contribution in [3.05, 3.63) is 63.2 Å². The maximum Gasteiger partial charge on any atom is 0.325 e. The summed E-state index contributed by atoms with van der Waals surface area (Å²) >= 11 is 2.11. The Morgan fingerprint density at radius 1 is 1.19 bits per heavy atom. The van der Waals surface area contributed by atoms with Crippen LogP contribution >= 0.6 is 22.6 Å². The van der Waals surface area contributed by atoms with Gasteiger partial charge >= 0.3 is 6.03 Å². The smallest absolute Gasteiger partial charge is 0.325 e.